The van der Waals surface area contributed by atoms with Crippen molar-refractivity contribution in [3.63, 3.8) is 0 Å². The zero-order valence-corrected chi connectivity index (χ0v) is 19.4. The van der Waals surface area contributed by atoms with Gasteiger partial charge in [0.25, 0.3) is 5.91 Å². The molecule has 0 radical (unpaired) electrons. The minimum absolute atomic E-state index is 0.0163. The SMILES string of the molecule is COc1cccc(-c2cc(C(=O)N(CCC(=O)N3CCN(C)CC3)CC3CCCO3)no2)c1. The summed E-state index contributed by atoms with van der Waals surface area (Å²) in [6.45, 7) is 4.66. The van der Waals surface area contributed by atoms with E-state index in [2.05, 4.69) is 17.1 Å². The normalized spacial score (nSPS) is 19.0. The number of amides is 2. The molecule has 1 aromatic carbocycles. The van der Waals surface area contributed by atoms with Crippen molar-refractivity contribution in [2.24, 2.45) is 0 Å². The first-order valence-corrected chi connectivity index (χ1v) is 11.5. The van der Waals surface area contributed by atoms with Gasteiger partial charge in [-0.15, -0.1) is 0 Å². The number of rotatable bonds is 8. The Hall–Kier alpha value is -2.91. The number of likely N-dealkylation sites (N-methyl/N-ethyl adjacent to an activating group) is 1. The number of carbonyl (C=O) groups is 2. The summed E-state index contributed by atoms with van der Waals surface area (Å²) in [6, 6.07) is 9.03. The number of nitrogens with zero attached hydrogens (tertiary/aromatic N) is 4. The lowest BCUT2D eigenvalue weighted by Gasteiger charge is -2.33. The maximum absolute atomic E-state index is 13.3. The minimum Gasteiger partial charge on any atom is -0.497 e. The molecule has 4 rings (SSSR count). The van der Waals surface area contributed by atoms with Crippen molar-refractivity contribution in [1.82, 2.24) is 19.9 Å². The quantitative estimate of drug-likeness (QED) is 0.601. The summed E-state index contributed by atoms with van der Waals surface area (Å²) in [4.78, 5) is 31.8. The van der Waals surface area contributed by atoms with E-state index in [-0.39, 0.29) is 30.0 Å². The zero-order valence-electron chi connectivity index (χ0n) is 19.4. The van der Waals surface area contributed by atoms with Crippen molar-refractivity contribution in [2.45, 2.75) is 25.4 Å². The molecule has 0 saturated carbocycles. The van der Waals surface area contributed by atoms with Crippen LogP contribution in [-0.2, 0) is 9.53 Å². The molecule has 2 saturated heterocycles. The molecule has 9 heteroatoms. The summed E-state index contributed by atoms with van der Waals surface area (Å²) in [6.07, 6.45) is 2.15. The largest absolute Gasteiger partial charge is 0.497 e. The highest BCUT2D eigenvalue weighted by Gasteiger charge is 2.27. The van der Waals surface area contributed by atoms with Gasteiger partial charge in [-0.25, -0.2) is 0 Å². The molecule has 178 valence electrons. The van der Waals surface area contributed by atoms with E-state index >= 15 is 0 Å². The number of hydrogen-bond acceptors (Lipinski definition) is 7. The van der Waals surface area contributed by atoms with Crippen LogP contribution in [0.4, 0.5) is 0 Å². The molecule has 1 aromatic heterocycles. The van der Waals surface area contributed by atoms with Crippen LogP contribution in [0.3, 0.4) is 0 Å². The third-order valence-corrected chi connectivity index (χ3v) is 6.27. The number of benzene rings is 1. The Morgan fingerprint density at radius 3 is 2.76 bits per heavy atom. The van der Waals surface area contributed by atoms with E-state index in [9.17, 15) is 9.59 Å². The first-order valence-electron chi connectivity index (χ1n) is 11.5. The van der Waals surface area contributed by atoms with E-state index < -0.39 is 0 Å². The Morgan fingerprint density at radius 1 is 1.21 bits per heavy atom. The average molecular weight is 457 g/mol. The summed E-state index contributed by atoms with van der Waals surface area (Å²) < 4.78 is 16.5. The van der Waals surface area contributed by atoms with E-state index in [0.717, 1.165) is 44.6 Å². The average Bonchev–Trinajstić information content (AvgIpc) is 3.54. The standard InChI is InChI=1S/C24H32N4O5/c1-26-10-12-27(13-11-26)23(29)8-9-28(17-20-7-4-14-32-20)24(30)21-16-22(33-25-21)18-5-3-6-19(15-18)31-2/h3,5-6,15-16,20H,4,7-14,17H2,1-2H3. The molecule has 0 bridgehead atoms. The molecule has 9 nitrogen and oxygen atoms in total. The minimum atomic E-state index is -0.255. The second-order valence-corrected chi connectivity index (χ2v) is 8.63. The van der Waals surface area contributed by atoms with Gasteiger partial charge in [-0.05, 0) is 32.0 Å². The zero-order chi connectivity index (χ0) is 23.2. The number of piperazine rings is 1. The van der Waals surface area contributed by atoms with Crippen LogP contribution in [0.5, 0.6) is 5.75 Å². The first kappa shape index (κ1) is 23.3. The van der Waals surface area contributed by atoms with E-state index in [1.54, 1.807) is 18.1 Å². The van der Waals surface area contributed by atoms with Gasteiger partial charge in [0.15, 0.2) is 11.5 Å². The second-order valence-electron chi connectivity index (χ2n) is 8.63. The Labute approximate surface area is 194 Å². The van der Waals surface area contributed by atoms with Gasteiger partial charge in [0.2, 0.25) is 5.91 Å². The molecular formula is C24H32N4O5. The number of carbonyl (C=O) groups excluding carboxylic acids is 2. The Bertz CT molecular complexity index is 948. The van der Waals surface area contributed by atoms with E-state index in [4.69, 9.17) is 14.0 Å². The lowest BCUT2D eigenvalue weighted by Crippen LogP contribution is -2.48. The van der Waals surface area contributed by atoms with Crippen LogP contribution >= 0.6 is 0 Å². The summed E-state index contributed by atoms with van der Waals surface area (Å²) in [5, 5.41) is 4.02. The van der Waals surface area contributed by atoms with Gasteiger partial charge in [0.1, 0.15) is 5.75 Å². The summed E-state index contributed by atoms with van der Waals surface area (Å²) in [5.41, 5.74) is 0.995. The lowest BCUT2D eigenvalue weighted by molar-refractivity contribution is -0.133. The van der Waals surface area contributed by atoms with Gasteiger partial charge in [-0.3, -0.25) is 9.59 Å². The smallest absolute Gasteiger partial charge is 0.276 e. The van der Waals surface area contributed by atoms with E-state index in [1.807, 2.05) is 29.2 Å². The van der Waals surface area contributed by atoms with Crippen LogP contribution in [0.2, 0.25) is 0 Å². The monoisotopic (exact) mass is 456 g/mol. The fourth-order valence-electron chi connectivity index (χ4n) is 4.20. The van der Waals surface area contributed by atoms with Crippen LogP contribution in [-0.4, -0.2) is 97.8 Å². The van der Waals surface area contributed by atoms with Gasteiger partial charge in [0.05, 0.1) is 13.2 Å². The van der Waals surface area contributed by atoms with Gasteiger partial charge >= 0.3 is 0 Å². The lowest BCUT2D eigenvalue weighted by atomic mass is 10.1. The number of ether oxygens (including phenoxy) is 2. The van der Waals surface area contributed by atoms with Crippen molar-refractivity contribution < 1.29 is 23.6 Å². The van der Waals surface area contributed by atoms with Crippen LogP contribution in [0, 0.1) is 0 Å². The molecule has 0 aliphatic carbocycles. The topological polar surface area (TPSA) is 88.4 Å². The molecule has 33 heavy (non-hydrogen) atoms. The predicted octanol–water partition coefficient (Wildman–Crippen LogP) is 2.14. The number of methoxy groups -OCH3 is 1. The molecule has 2 aliphatic rings. The molecule has 1 atom stereocenters. The molecule has 0 N–H and O–H groups in total. The van der Waals surface area contributed by atoms with Gasteiger partial charge in [0, 0.05) is 63.9 Å². The van der Waals surface area contributed by atoms with Crippen LogP contribution in [0.25, 0.3) is 11.3 Å². The highest BCUT2D eigenvalue weighted by atomic mass is 16.5. The Balaban J connectivity index is 1.44. The summed E-state index contributed by atoms with van der Waals surface area (Å²) in [7, 11) is 3.66. The van der Waals surface area contributed by atoms with Crippen molar-refractivity contribution >= 4 is 11.8 Å². The van der Waals surface area contributed by atoms with Crippen LogP contribution in [0.15, 0.2) is 34.9 Å². The first-order chi connectivity index (χ1) is 16.0. The van der Waals surface area contributed by atoms with Gasteiger partial charge in [-0.2, -0.15) is 0 Å². The number of aromatic nitrogens is 1. The number of hydrogen-bond donors (Lipinski definition) is 0. The molecule has 2 amide bonds. The molecular weight excluding hydrogens is 424 g/mol. The van der Waals surface area contributed by atoms with Crippen molar-refractivity contribution in [3.8, 4) is 17.1 Å². The molecule has 2 fully saturated rings. The van der Waals surface area contributed by atoms with Gasteiger partial charge < -0.3 is 28.7 Å². The van der Waals surface area contributed by atoms with Crippen molar-refractivity contribution in [2.75, 3.05) is 60.0 Å². The van der Waals surface area contributed by atoms with E-state index in [0.29, 0.717) is 31.2 Å². The van der Waals surface area contributed by atoms with Gasteiger partial charge in [-0.1, -0.05) is 17.3 Å². The second kappa shape index (κ2) is 10.8. The maximum atomic E-state index is 13.3. The third kappa shape index (κ3) is 5.91. The fraction of sp³-hybridized carbons (Fsp3) is 0.542. The maximum Gasteiger partial charge on any atom is 0.276 e. The highest BCUT2D eigenvalue weighted by molar-refractivity contribution is 5.93. The summed E-state index contributed by atoms with van der Waals surface area (Å²) in [5.74, 6) is 1.00. The highest BCUT2D eigenvalue weighted by Crippen LogP contribution is 2.25. The Morgan fingerprint density at radius 2 is 2.03 bits per heavy atom. The van der Waals surface area contributed by atoms with Crippen LogP contribution < -0.4 is 4.74 Å². The van der Waals surface area contributed by atoms with Crippen molar-refractivity contribution in [3.05, 3.63) is 36.0 Å². The Kier molecular flexibility index (Phi) is 7.61. The molecule has 1 unspecified atom stereocenters. The molecule has 2 aliphatic heterocycles. The predicted molar refractivity (Wildman–Crippen MR) is 122 cm³/mol. The van der Waals surface area contributed by atoms with Crippen molar-refractivity contribution in [1.29, 1.82) is 0 Å². The van der Waals surface area contributed by atoms with Crippen LogP contribution in [0.1, 0.15) is 29.8 Å². The summed E-state index contributed by atoms with van der Waals surface area (Å²) >= 11 is 0. The van der Waals surface area contributed by atoms with E-state index in [1.165, 1.54) is 0 Å². The third-order valence-electron chi connectivity index (χ3n) is 6.27. The molecule has 3 heterocycles. The molecule has 0 spiro atoms. The molecule has 2 aromatic rings. The fourth-order valence-corrected chi connectivity index (χ4v) is 4.20.